The quantitative estimate of drug-likeness (QED) is 0.388. The zero-order chi connectivity index (χ0) is 15.3. The third-order valence-corrected chi connectivity index (χ3v) is 2.23. The summed E-state index contributed by atoms with van der Waals surface area (Å²) in [5, 5.41) is 9.84. The molecule has 0 atom stereocenters. The summed E-state index contributed by atoms with van der Waals surface area (Å²) >= 11 is 0. The summed E-state index contributed by atoms with van der Waals surface area (Å²) in [5.41, 5.74) is -0.0176. The molecule has 5 nitrogen and oxygen atoms in total. The van der Waals surface area contributed by atoms with Crippen LogP contribution in [0.1, 0.15) is 19.4 Å². The van der Waals surface area contributed by atoms with Crippen LogP contribution in [0.2, 0.25) is 0 Å². The van der Waals surface area contributed by atoms with Crippen LogP contribution in [0.15, 0.2) is 24.3 Å². The molecule has 0 aliphatic carbocycles. The fourth-order valence-electron chi connectivity index (χ4n) is 1.42. The minimum atomic E-state index is -1.13. The van der Waals surface area contributed by atoms with Gasteiger partial charge in [0.25, 0.3) is 5.78 Å². The van der Waals surface area contributed by atoms with Crippen molar-refractivity contribution in [2.24, 2.45) is 0 Å². The van der Waals surface area contributed by atoms with E-state index in [1.165, 1.54) is 6.07 Å². The van der Waals surface area contributed by atoms with E-state index in [9.17, 15) is 19.1 Å². The highest BCUT2D eigenvalue weighted by molar-refractivity contribution is 6.39. The van der Waals surface area contributed by atoms with Crippen LogP contribution in [0.4, 0.5) is 4.39 Å². The molecule has 0 saturated heterocycles. The molecule has 0 aliphatic rings. The summed E-state index contributed by atoms with van der Waals surface area (Å²) in [6, 6.07) is 3.50. The van der Waals surface area contributed by atoms with Crippen molar-refractivity contribution in [3.8, 4) is 5.75 Å². The van der Waals surface area contributed by atoms with Crippen LogP contribution in [-0.4, -0.2) is 30.1 Å². The number of hydrogen-bond acceptors (Lipinski definition) is 5. The van der Waals surface area contributed by atoms with Crippen LogP contribution in [0, 0.1) is 5.82 Å². The van der Waals surface area contributed by atoms with Crippen molar-refractivity contribution in [3.05, 3.63) is 35.7 Å². The number of aliphatic hydroxyl groups excluding tert-OH is 1. The lowest BCUT2D eigenvalue weighted by Gasteiger charge is -2.13. The molecular formula is C14H15FO5. The van der Waals surface area contributed by atoms with E-state index in [1.807, 2.05) is 0 Å². The van der Waals surface area contributed by atoms with Gasteiger partial charge in [0, 0.05) is 6.08 Å². The summed E-state index contributed by atoms with van der Waals surface area (Å²) in [4.78, 5) is 22.3. The van der Waals surface area contributed by atoms with Gasteiger partial charge in [0.2, 0.25) is 0 Å². The van der Waals surface area contributed by atoms with E-state index in [1.54, 1.807) is 13.8 Å². The van der Waals surface area contributed by atoms with Gasteiger partial charge >= 0.3 is 5.97 Å². The highest BCUT2D eigenvalue weighted by Crippen LogP contribution is 2.26. The van der Waals surface area contributed by atoms with Gasteiger partial charge in [-0.25, -0.2) is 9.18 Å². The monoisotopic (exact) mass is 282 g/mol. The van der Waals surface area contributed by atoms with Crippen molar-refractivity contribution < 1.29 is 28.6 Å². The highest BCUT2D eigenvalue weighted by atomic mass is 19.1. The van der Waals surface area contributed by atoms with Crippen LogP contribution >= 0.6 is 0 Å². The first-order valence-corrected chi connectivity index (χ1v) is 5.84. The van der Waals surface area contributed by atoms with Gasteiger partial charge in [-0.2, -0.15) is 0 Å². The minimum Gasteiger partial charge on any atom is -0.507 e. The van der Waals surface area contributed by atoms with Crippen LogP contribution in [0.25, 0.3) is 5.76 Å². The zero-order valence-electron chi connectivity index (χ0n) is 11.3. The molecule has 0 radical (unpaired) electrons. The molecule has 20 heavy (non-hydrogen) atoms. The normalized spacial score (nSPS) is 11.3. The van der Waals surface area contributed by atoms with Crippen molar-refractivity contribution in [1.29, 1.82) is 0 Å². The molecule has 0 aliphatic heterocycles. The number of ether oxygens (including phenoxy) is 2. The smallest absolute Gasteiger partial charge is 0.378 e. The van der Waals surface area contributed by atoms with Gasteiger partial charge in [0.1, 0.15) is 17.3 Å². The molecule has 0 unspecified atom stereocenters. The largest absolute Gasteiger partial charge is 0.507 e. The first kappa shape index (κ1) is 15.7. The van der Waals surface area contributed by atoms with Crippen molar-refractivity contribution in [2.45, 2.75) is 20.0 Å². The predicted octanol–water partition coefficient (Wildman–Crippen LogP) is 2.25. The lowest BCUT2D eigenvalue weighted by atomic mass is 10.1. The summed E-state index contributed by atoms with van der Waals surface area (Å²) < 4.78 is 22.8. The van der Waals surface area contributed by atoms with E-state index < -0.39 is 23.3 Å². The average molecular weight is 282 g/mol. The molecule has 0 amide bonds. The summed E-state index contributed by atoms with van der Waals surface area (Å²) in [6.45, 7) is 3.51. The summed E-state index contributed by atoms with van der Waals surface area (Å²) in [5.74, 6) is -3.16. The van der Waals surface area contributed by atoms with Gasteiger partial charge in [-0.15, -0.1) is 0 Å². The second-order valence-corrected chi connectivity index (χ2v) is 4.19. The number of carbonyl (C=O) groups excluding carboxylic acids is 2. The first-order chi connectivity index (χ1) is 9.35. The Labute approximate surface area is 115 Å². The van der Waals surface area contributed by atoms with Crippen molar-refractivity contribution in [3.63, 3.8) is 0 Å². The molecule has 6 heteroatoms. The number of rotatable bonds is 5. The van der Waals surface area contributed by atoms with Crippen LogP contribution in [-0.2, 0) is 14.3 Å². The average Bonchev–Trinajstić information content (AvgIpc) is 2.39. The number of aliphatic hydroxyl groups is 1. The Hall–Kier alpha value is -2.37. The third-order valence-electron chi connectivity index (χ3n) is 2.23. The van der Waals surface area contributed by atoms with Crippen LogP contribution in [0.5, 0.6) is 5.75 Å². The Kier molecular flexibility index (Phi) is 5.25. The van der Waals surface area contributed by atoms with E-state index >= 15 is 0 Å². The second kappa shape index (κ2) is 6.70. The number of methoxy groups -OCH3 is 1. The topological polar surface area (TPSA) is 72.8 Å². The van der Waals surface area contributed by atoms with Gasteiger partial charge in [0.15, 0.2) is 0 Å². The van der Waals surface area contributed by atoms with Crippen LogP contribution in [0.3, 0.4) is 0 Å². The van der Waals surface area contributed by atoms with Gasteiger partial charge in [0.05, 0.1) is 18.8 Å². The Bertz CT molecular complexity index is 548. The SMILES string of the molecule is COC(=O)C(=O)/C=C(/O)c1cc(F)ccc1OC(C)C. The van der Waals surface area contributed by atoms with Crippen molar-refractivity contribution in [1.82, 2.24) is 0 Å². The lowest BCUT2D eigenvalue weighted by molar-refractivity contribution is -0.149. The second-order valence-electron chi connectivity index (χ2n) is 4.19. The Balaban J connectivity index is 3.16. The molecule has 0 heterocycles. The molecular weight excluding hydrogens is 267 g/mol. The zero-order valence-corrected chi connectivity index (χ0v) is 11.3. The summed E-state index contributed by atoms with van der Waals surface area (Å²) in [7, 11) is 1.04. The van der Waals surface area contributed by atoms with E-state index in [0.29, 0.717) is 6.08 Å². The summed E-state index contributed by atoms with van der Waals surface area (Å²) in [6.07, 6.45) is 0.455. The maximum absolute atomic E-state index is 13.2. The van der Waals surface area contributed by atoms with Gasteiger partial charge in [-0.1, -0.05) is 0 Å². The molecule has 1 rings (SSSR count). The van der Waals surface area contributed by atoms with E-state index in [-0.39, 0.29) is 17.4 Å². The van der Waals surface area contributed by atoms with Gasteiger partial charge in [-0.05, 0) is 32.0 Å². The third kappa shape index (κ3) is 4.08. The molecule has 1 aromatic rings. The number of esters is 1. The predicted molar refractivity (Wildman–Crippen MR) is 69.8 cm³/mol. The molecule has 0 spiro atoms. The fraction of sp³-hybridized carbons (Fsp3) is 0.286. The number of ketones is 1. The fourth-order valence-corrected chi connectivity index (χ4v) is 1.42. The van der Waals surface area contributed by atoms with Crippen LogP contribution < -0.4 is 4.74 Å². The van der Waals surface area contributed by atoms with Gasteiger partial charge < -0.3 is 14.6 Å². The maximum Gasteiger partial charge on any atom is 0.378 e. The molecule has 0 aromatic heterocycles. The number of benzene rings is 1. The molecule has 0 saturated carbocycles. The van der Waals surface area contributed by atoms with E-state index in [4.69, 9.17) is 4.74 Å². The van der Waals surface area contributed by atoms with E-state index in [0.717, 1.165) is 19.2 Å². The highest BCUT2D eigenvalue weighted by Gasteiger charge is 2.16. The standard InChI is InChI=1S/C14H15FO5/c1-8(2)20-13-5-4-9(15)6-10(13)11(16)7-12(17)14(18)19-3/h4-8,16H,1-3H3/b11-7+. The lowest BCUT2D eigenvalue weighted by Crippen LogP contribution is -2.13. The van der Waals surface area contributed by atoms with Crippen molar-refractivity contribution in [2.75, 3.05) is 7.11 Å². The molecule has 108 valence electrons. The number of hydrogen-bond donors (Lipinski definition) is 1. The molecule has 1 aromatic carbocycles. The molecule has 1 N–H and O–H groups in total. The Morgan fingerprint density at radius 3 is 2.55 bits per heavy atom. The maximum atomic E-state index is 13.2. The minimum absolute atomic E-state index is 0.0176. The molecule has 0 bridgehead atoms. The Morgan fingerprint density at radius 2 is 2.00 bits per heavy atom. The van der Waals surface area contributed by atoms with E-state index in [2.05, 4.69) is 4.74 Å². The van der Waals surface area contributed by atoms with Crippen molar-refractivity contribution >= 4 is 17.5 Å². The first-order valence-electron chi connectivity index (χ1n) is 5.84. The molecule has 0 fully saturated rings. The van der Waals surface area contributed by atoms with Gasteiger partial charge in [-0.3, -0.25) is 4.79 Å². The Morgan fingerprint density at radius 1 is 1.35 bits per heavy atom. The number of halogens is 1. The number of carbonyl (C=O) groups is 2.